The molecule has 0 atom stereocenters. The van der Waals surface area contributed by atoms with Gasteiger partial charge < -0.3 is 9.73 Å². The summed E-state index contributed by atoms with van der Waals surface area (Å²) in [5, 5.41) is 3.46. The van der Waals surface area contributed by atoms with Crippen LogP contribution in [-0.2, 0) is 6.54 Å². The third-order valence-corrected chi connectivity index (χ3v) is 3.61. The lowest BCUT2D eigenvalue weighted by Gasteiger charge is -2.11. The highest BCUT2D eigenvalue weighted by atomic mass is 16.3. The van der Waals surface area contributed by atoms with E-state index in [-0.39, 0.29) is 0 Å². The third-order valence-electron chi connectivity index (χ3n) is 3.61. The minimum Gasteiger partial charge on any atom is -0.441 e. The van der Waals surface area contributed by atoms with Gasteiger partial charge in [-0.05, 0) is 48.7 Å². The second-order valence-electron chi connectivity index (χ2n) is 5.14. The number of fused-ring (bicyclic) bond motifs is 1. The van der Waals surface area contributed by atoms with Gasteiger partial charge in [-0.1, -0.05) is 18.2 Å². The van der Waals surface area contributed by atoms with Crippen LogP contribution in [0.2, 0.25) is 0 Å². The summed E-state index contributed by atoms with van der Waals surface area (Å²) in [7, 11) is 0. The summed E-state index contributed by atoms with van der Waals surface area (Å²) in [6.45, 7) is 6.98. The molecule has 0 unspecified atom stereocenters. The van der Waals surface area contributed by atoms with Crippen LogP contribution in [-0.4, -0.2) is 4.98 Å². The Bertz CT molecular complexity index is 739. The van der Waals surface area contributed by atoms with Crippen LogP contribution >= 0.6 is 0 Å². The van der Waals surface area contributed by atoms with Gasteiger partial charge >= 0.3 is 0 Å². The minimum absolute atomic E-state index is 0.701. The van der Waals surface area contributed by atoms with E-state index < -0.39 is 0 Å². The van der Waals surface area contributed by atoms with E-state index in [1.165, 1.54) is 16.7 Å². The van der Waals surface area contributed by atoms with Crippen LogP contribution in [0.4, 0.5) is 5.69 Å². The molecule has 0 amide bonds. The van der Waals surface area contributed by atoms with Crippen LogP contribution < -0.4 is 5.32 Å². The van der Waals surface area contributed by atoms with E-state index in [2.05, 4.69) is 42.3 Å². The molecule has 1 aromatic heterocycles. The molecule has 1 heterocycles. The van der Waals surface area contributed by atoms with Crippen LogP contribution in [0.25, 0.3) is 11.1 Å². The zero-order valence-electron chi connectivity index (χ0n) is 12.0. The van der Waals surface area contributed by atoms with E-state index in [4.69, 9.17) is 4.42 Å². The Balaban J connectivity index is 1.83. The fourth-order valence-corrected chi connectivity index (χ4v) is 2.47. The number of nitrogens with zero attached hydrogens (tertiary/aromatic N) is 1. The summed E-state index contributed by atoms with van der Waals surface area (Å²) >= 11 is 0. The van der Waals surface area contributed by atoms with Crippen molar-refractivity contribution in [3.63, 3.8) is 0 Å². The van der Waals surface area contributed by atoms with Gasteiger partial charge in [0.05, 0.1) is 0 Å². The van der Waals surface area contributed by atoms with Crippen molar-refractivity contribution >= 4 is 16.8 Å². The van der Waals surface area contributed by atoms with Crippen molar-refractivity contribution < 1.29 is 4.42 Å². The molecule has 1 N–H and O–H groups in total. The number of hydrogen-bond acceptors (Lipinski definition) is 3. The maximum absolute atomic E-state index is 5.48. The predicted octanol–water partition coefficient (Wildman–Crippen LogP) is 4.37. The van der Waals surface area contributed by atoms with Gasteiger partial charge in [0.2, 0.25) is 0 Å². The zero-order valence-corrected chi connectivity index (χ0v) is 12.0. The molecule has 0 aliphatic heterocycles. The lowest BCUT2D eigenvalue weighted by Crippen LogP contribution is -2.03. The number of aryl methyl sites for hydroxylation is 3. The number of benzene rings is 2. The number of hydrogen-bond donors (Lipinski definition) is 1. The number of anilines is 1. The third kappa shape index (κ3) is 2.39. The zero-order chi connectivity index (χ0) is 14.1. The van der Waals surface area contributed by atoms with Crippen LogP contribution in [0.1, 0.15) is 22.6 Å². The molecule has 0 aliphatic rings. The molecule has 0 spiro atoms. The van der Waals surface area contributed by atoms with E-state index in [0.29, 0.717) is 5.89 Å². The Labute approximate surface area is 118 Å². The van der Waals surface area contributed by atoms with Crippen molar-refractivity contribution in [1.82, 2.24) is 4.98 Å². The molecule has 3 nitrogen and oxygen atoms in total. The average molecular weight is 266 g/mol. The summed E-state index contributed by atoms with van der Waals surface area (Å²) in [6.07, 6.45) is 0. The highest BCUT2D eigenvalue weighted by molar-refractivity contribution is 5.77. The SMILES string of the molecule is Cc1nc2cc(NCc3c(C)cccc3C)ccc2o1. The molecule has 102 valence electrons. The molecule has 0 radical (unpaired) electrons. The van der Waals surface area contributed by atoms with Crippen LogP contribution in [0.5, 0.6) is 0 Å². The number of rotatable bonds is 3. The number of aromatic nitrogens is 1. The maximum atomic E-state index is 5.48. The summed E-state index contributed by atoms with van der Waals surface area (Å²) in [5.74, 6) is 0.701. The average Bonchev–Trinajstić information content (AvgIpc) is 2.77. The van der Waals surface area contributed by atoms with Crippen molar-refractivity contribution in [3.05, 3.63) is 59.0 Å². The van der Waals surface area contributed by atoms with Gasteiger partial charge in [-0.2, -0.15) is 0 Å². The highest BCUT2D eigenvalue weighted by Gasteiger charge is 2.05. The van der Waals surface area contributed by atoms with Gasteiger partial charge in [-0.15, -0.1) is 0 Å². The monoisotopic (exact) mass is 266 g/mol. The summed E-state index contributed by atoms with van der Waals surface area (Å²) in [4.78, 5) is 4.36. The topological polar surface area (TPSA) is 38.1 Å². The maximum Gasteiger partial charge on any atom is 0.192 e. The van der Waals surface area contributed by atoms with Gasteiger partial charge in [-0.25, -0.2) is 4.98 Å². The molecule has 0 saturated carbocycles. The molecule has 3 rings (SSSR count). The molecule has 3 heteroatoms. The lowest BCUT2D eigenvalue weighted by molar-refractivity contribution is 0.561. The van der Waals surface area contributed by atoms with E-state index >= 15 is 0 Å². The first kappa shape index (κ1) is 12.7. The molecular formula is C17H18N2O. The Morgan fingerprint density at radius 1 is 1.05 bits per heavy atom. The van der Waals surface area contributed by atoms with Crippen LogP contribution in [0.3, 0.4) is 0 Å². The fourth-order valence-electron chi connectivity index (χ4n) is 2.47. The molecule has 20 heavy (non-hydrogen) atoms. The van der Waals surface area contributed by atoms with Crippen LogP contribution in [0, 0.1) is 20.8 Å². The van der Waals surface area contributed by atoms with Crippen molar-refractivity contribution in [1.29, 1.82) is 0 Å². The summed E-state index contributed by atoms with van der Waals surface area (Å²) < 4.78 is 5.48. The first-order valence-electron chi connectivity index (χ1n) is 6.79. The summed E-state index contributed by atoms with van der Waals surface area (Å²) in [6, 6.07) is 12.4. The standard InChI is InChI=1S/C17H18N2O/c1-11-5-4-6-12(2)15(11)10-18-14-7-8-17-16(9-14)19-13(3)20-17/h4-9,18H,10H2,1-3H3. The van der Waals surface area contributed by atoms with E-state index in [9.17, 15) is 0 Å². The van der Waals surface area contributed by atoms with Gasteiger partial charge in [0, 0.05) is 19.2 Å². The van der Waals surface area contributed by atoms with Gasteiger partial charge in [0.1, 0.15) is 5.52 Å². The normalized spacial score (nSPS) is 10.9. The van der Waals surface area contributed by atoms with E-state index in [1.54, 1.807) is 0 Å². The molecule has 0 bridgehead atoms. The largest absolute Gasteiger partial charge is 0.441 e. The fraction of sp³-hybridized carbons (Fsp3) is 0.235. The summed E-state index contributed by atoms with van der Waals surface area (Å²) in [5.41, 5.74) is 6.78. The second kappa shape index (κ2) is 5.00. The first-order chi connectivity index (χ1) is 9.63. The Kier molecular flexibility index (Phi) is 3.18. The van der Waals surface area contributed by atoms with Gasteiger partial charge in [-0.3, -0.25) is 0 Å². The predicted molar refractivity (Wildman–Crippen MR) is 82.0 cm³/mol. The smallest absolute Gasteiger partial charge is 0.192 e. The van der Waals surface area contributed by atoms with Gasteiger partial charge in [0.15, 0.2) is 11.5 Å². The molecule has 2 aromatic carbocycles. The van der Waals surface area contributed by atoms with Crippen molar-refractivity contribution in [3.8, 4) is 0 Å². The molecule has 0 fully saturated rings. The van der Waals surface area contributed by atoms with E-state index in [1.807, 2.05) is 25.1 Å². The minimum atomic E-state index is 0.701. The Hall–Kier alpha value is -2.29. The second-order valence-corrected chi connectivity index (χ2v) is 5.14. The van der Waals surface area contributed by atoms with Crippen molar-refractivity contribution in [2.45, 2.75) is 27.3 Å². The quantitative estimate of drug-likeness (QED) is 0.765. The Morgan fingerprint density at radius 3 is 2.55 bits per heavy atom. The van der Waals surface area contributed by atoms with E-state index in [0.717, 1.165) is 23.3 Å². The number of nitrogens with one attached hydrogen (secondary N) is 1. The lowest BCUT2D eigenvalue weighted by atomic mass is 10.0. The van der Waals surface area contributed by atoms with Crippen LogP contribution in [0.15, 0.2) is 40.8 Å². The van der Waals surface area contributed by atoms with Crippen molar-refractivity contribution in [2.75, 3.05) is 5.32 Å². The molecule has 0 aliphatic carbocycles. The number of oxazole rings is 1. The van der Waals surface area contributed by atoms with Gasteiger partial charge in [0.25, 0.3) is 0 Å². The Morgan fingerprint density at radius 2 is 1.80 bits per heavy atom. The van der Waals surface area contributed by atoms with Crippen molar-refractivity contribution in [2.24, 2.45) is 0 Å². The highest BCUT2D eigenvalue weighted by Crippen LogP contribution is 2.21. The molecule has 0 saturated heterocycles. The molecule has 3 aromatic rings. The molecular weight excluding hydrogens is 248 g/mol. The first-order valence-corrected chi connectivity index (χ1v) is 6.79.